The monoisotopic (exact) mass is 356 g/mol. The molecule has 0 saturated carbocycles. The topological polar surface area (TPSA) is 51.0 Å². The number of benzene rings is 2. The van der Waals surface area contributed by atoms with Crippen LogP contribution in [-0.2, 0) is 13.1 Å². The number of hydrogen-bond donors (Lipinski definition) is 0. The molecule has 2 aromatic heterocycles. The number of carbonyl (C=O) groups excluding carboxylic acids is 1. The van der Waals surface area contributed by atoms with Gasteiger partial charge >= 0.3 is 0 Å². The molecule has 2 aromatic carbocycles. The van der Waals surface area contributed by atoms with Crippen molar-refractivity contribution in [2.75, 3.05) is 7.05 Å². The summed E-state index contributed by atoms with van der Waals surface area (Å²) in [4.78, 5) is 19.0. The number of pyridine rings is 1. The summed E-state index contributed by atoms with van der Waals surface area (Å²) in [6.45, 7) is 1.21. The Hall–Kier alpha value is -3.47. The zero-order valence-electron chi connectivity index (χ0n) is 15.1. The number of aromatic nitrogens is 3. The zero-order chi connectivity index (χ0) is 18.6. The second kappa shape index (κ2) is 7.41. The number of carbonyl (C=O) groups is 1. The largest absolute Gasteiger partial charge is 0.337 e. The van der Waals surface area contributed by atoms with Crippen LogP contribution < -0.4 is 0 Å². The molecular weight excluding hydrogens is 336 g/mol. The van der Waals surface area contributed by atoms with Crippen molar-refractivity contribution in [3.05, 3.63) is 95.8 Å². The molecule has 0 bridgehead atoms. The quantitative estimate of drug-likeness (QED) is 0.547. The van der Waals surface area contributed by atoms with Gasteiger partial charge in [-0.3, -0.25) is 4.79 Å². The Morgan fingerprint density at radius 1 is 0.963 bits per heavy atom. The van der Waals surface area contributed by atoms with Crippen molar-refractivity contribution >= 4 is 16.9 Å². The predicted molar refractivity (Wildman–Crippen MR) is 105 cm³/mol. The molecule has 1 amide bonds. The van der Waals surface area contributed by atoms with E-state index < -0.39 is 0 Å². The van der Waals surface area contributed by atoms with E-state index in [2.05, 4.69) is 22.2 Å². The van der Waals surface area contributed by atoms with E-state index in [-0.39, 0.29) is 5.91 Å². The summed E-state index contributed by atoms with van der Waals surface area (Å²) < 4.78 is 1.85. The first-order chi connectivity index (χ1) is 13.2. The highest BCUT2D eigenvalue weighted by Crippen LogP contribution is 2.16. The maximum Gasteiger partial charge on any atom is 0.255 e. The molecule has 0 saturated heterocycles. The molecule has 2 heterocycles. The normalized spacial score (nSPS) is 10.9. The summed E-state index contributed by atoms with van der Waals surface area (Å²) >= 11 is 0. The molecule has 0 unspecified atom stereocenters. The Kier molecular flexibility index (Phi) is 4.66. The van der Waals surface area contributed by atoms with Crippen LogP contribution in [0.1, 0.15) is 21.5 Å². The number of rotatable bonds is 5. The molecule has 0 aliphatic carbocycles. The van der Waals surface area contributed by atoms with Gasteiger partial charge in [-0.25, -0.2) is 9.67 Å². The highest BCUT2D eigenvalue weighted by Gasteiger charge is 2.15. The lowest BCUT2D eigenvalue weighted by molar-refractivity contribution is 0.0785. The van der Waals surface area contributed by atoms with Gasteiger partial charge in [0.05, 0.1) is 18.3 Å². The fourth-order valence-corrected chi connectivity index (χ4v) is 3.11. The number of hydrogen-bond acceptors (Lipinski definition) is 3. The van der Waals surface area contributed by atoms with Gasteiger partial charge in [-0.2, -0.15) is 5.10 Å². The van der Waals surface area contributed by atoms with E-state index in [4.69, 9.17) is 0 Å². The lowest BCUT2D eigenvalue weighted by atomic mass is 10.2. The Morgan fingerprint density at radius 2 is 1.63 bits per heavy atom. The van der Waals surface area contributed by atoms with Crippen LogP contribution in [0, 0.1) is 0 Å². The first-order valence-electron chi connectivity index (χ1n) is 8.85. The summed E-state index contributed by atoms with van der Waals surface area (Å²) in [5.41, 5.74) is 3.60. The van der Waals surface area contributed by atoms with Crippen LogP contribution >= 0.6 is 0 Å². The first-order valence-corrected chi connectivity index (χ1v) is 8.85. The van der Waals surface area contributed by atoms with Gasteiger partial charge in [-0.05, 0) is 17.2 Å². The minimum absolute atomic E-state index is 0.0518. The van der Waals surface area contributed by atoms with Crippen LogP contribution in [0.4, 0.5) is 0 Å². The van der Waals surface area contributed by atoms with E-state index in [1.165, 1.54) is 0 Å². The van der Waals surface area contributed by atoms with Crippen molar-refractivity contribution in [2.45, 2.75) is 13.1 Å². The van der Waals surface area contributed by atoms with Crippen LogP contribution in [0.3, 0.4) is 0 Å². The van der Waals surface area contributed by atoms with Gasteiger partial charge in [0.2, 0.25) is 0 Å². The van der Waals surface area contributed by atoms with E-state index in [1.807, 2.05) is 59.3 Å². The van der Waals surface area contributed by atoms with Gasteiger partial charge in [0.25, 0.3) is 5.91 Å². The van der Waals surface area contributed by atoms with Crippen molar-refractivity contribution < 1.29 is 4.79 Å². The second-order valence-corrected chi connectivity index (χ2v) is 6.57. The van der Waals surface area contributed by atoms with E-state index in [0.29, 0.717) is 18.7 Å². The third kappa shape index (κ3) is 3.72. The summed E-state index contributed by atoms with van der Waals surface area (Å²) in [6.07, 6.45) is 3.40. The lowest BCUT2D eigenvalue weighted by Gasteiger charge is -2.17. The van der Waals surface area contributed by atoms with Crippen molar-refractivity contribution in [3.8, 4) is 0 Å². The lowest BCUT2D eigenvalue weighted by Crippen LogP contribution is -2.26. The average molecular weight is 356 g/mol. The Labute approximate surface area is 157 Å². The molecule has 0 aliphatic rings. The minimum atomic E-state index is -0.0518. The van der Waals surface area contributed by atoms with Crippen LogP contribution in [0.2, 0.25) is 0 Å². The molecule has 134 valence electrons. The molecule has 5 heteroatoms. The van der Waals surface area contributed by atoms with E-state index in [9.17, 15) is 4.79 Å². The van der Waals surface area contributed by atoms with Crippen LogP contribution in [0.5, 0.6) is 0 Å². The molecule has 5 nitrogen and oxygen atoms in total. The molecular formula is C22H20N4O. The standard InChI is InChI=1S/C22H20N4O/c1-25(15-17-8-4-2-5-9-17)22(27)20-12-19-14-24-26(21(19)23-13-20)16-18-10-6-3-7-11-18/h2-14H,15-16H2,1H3. The van der Waals surface area contributed by atoms with Crippen LogP contribution in [0.15, 0.2) is 79.1 Å². The van der Waals surface area contributed by atoms with E-state index >= 15 is 0 Å². The van der Waals surface area contributed by atoms with Gasteiger partial charge < -0.3 is 4.90 Å². The highest BCUT2D eigenvalue weighted by molar-refractivity contribution is 5.96. The van der Waals surface area contributed by atoms with E-state index in [0.717, 1.165) is 22.2 Å². The van der Waals surface area contributed by atoms with Crippen molar-refractivity contribution in [1.29, 1.82) is 0 Å². The maximum atomic E-state index is 12.7. The molecule has 4 aromatic rings. The highest BCUT2D eigenvalue weighted by atomic mass is 16.2. The summed E-state index contributed by atoms with van der Waals surface area (Å²) in [5, 5.41) is 5.30. The Balaban J connectivity index is 1.54. The molecule has 0 atom stereocenters. The van der Waals surface area contributed by atoms with Gasteiger partial charge in [0.1, 0.15) is 0 Å². The van der Waals surface area contributed by atoms with Gasteiger partial charge in [-0.1, -0.05) is 60.7 Å². The number of nitrogens with zero attached hydrogens (tertiary/aromatic N) is 4. The molecule has 0 spiro atoms. The molecule has 4 rings (SSSR count). The zero-order valence-corrected chi connectivity index (χ0v) is 15.1. The molecule has 0 fully saturated rings. The fraction of sp³-hybridized carbons (Fsp3) is 0.136. The third-order valence-corrected chi connectivity index (χ3v) is 4.51. The second-order valence-electron chi connectivity index (χ2n) is 6.57. The van der Waals surface area contributed by atoms with Crippen molar-refractivity contribution in [1.82, 2.24) is 19.7 Å². The Morgan fingerprint density at radius 3 is 2.33 bits per heavy atom. The smallest absolute Gasteiger partial charge is 0.255 e. The van der Waals surface area contributed by atoms with Crippen LogP contribution in [0.25, 0.3) is 11.0 Å². The molecule has 27 heavy (non-hydrogen) atoms. The third-order valence-electron chi connectivity index (χ3n) is 4.51. The fourth-order valence-electron chi connectivity index (χ4n) is 3.11. The summed E-state index contributed by atoms with van der Waals surface area (Å²) in [6, 6.07) is 21.9. The summed E-state index contributed by atoms with van der Waals surface area (Å²) in [7, 11) is 1.80. The number of amides is 1. The summed E-state index contributed by atoms with van der Waals surface area (Å²) in [5.74, 6) is -0.0518. The average Bonchev–Trinajstić information content (AvgIpc) is 3.11. The molecule has 0 radical (unpaired) electrons. The van der Waals surface area contributed by atoms with Gasteiger partial charge in [0, 0.05) is 25.2 Å². The van der Waals surface area contributed by atoms with Crippen molar-refractivity contribution in [2.24, 2.45) is 0 Å². The molecule has 0 aliphatic heterocycles. The van der Waals surface area contributed by atoms with E-state index in [1.54, 1.807) is 24.3 Å². The van der Waals surface area contributed by atoms with Crippen molar-refractivity contribution in [3.63, 3.8) is 0 Å². The van der Waals surface area contributed by atoms with Gasteiger partial charge in [-0.15, -0.1) is 0 Å². The number of fused-ring (bicyclic) bond motifs is 1. The molecule has 0 N–H and O–H groups in total. The SMILES string of the molecule is CN(Cc1ccccc1)C(=O)c1cnc2c(cnn2Cc2ccccc2)c1. The van der Waals surface area contributed by atoms with Crippen LogP contribution in [-0.4, -0.2) is 32.6 Å². The maximum absolute atomic E-state index is 12.7. The first kappa shape index (κ1) is 17.0. The Bertz CT molecular complexity index is 1060. The minimum Gasteiger partial charge on any atom is -0.337 e. The predicted octanol–water partition coefficient (Wildman–Crippen LogP) is 3.75. The van der Waals surface area contributed by atoms with Gasteiger partial charge in [0.15, 0.2) is 5.65 Å².